The van der Waals surface area contributed by atoms with Crippen LogP contribution in [0, 0.1) is 34.6 Å². The monoisotopic (exact) mass is 216 g/mol. The van der Waals surface area contributed by atoms with Crippen molar-refractivity contribution >= 4 is 0 Å². The van der Waals surface area contributed by atoms with Gasteiger partial charge >= 0.3 is 0 Å². The molecule has 0 aliphatic rings. The van der Waals surface area contributed by atoms with Crippen LogP contribution in [0.1, 0.15) is 46.7 Å². The minimum absolute atomic E-state index is 1.10. The first-order chi connectivity index (χ1) is 7.36. The van der Waals surface area contributed by atoms with E-state index >= 15 is 0 Å². The van der Waals surface area contributed by atoms with E-state index < -0.39 is 0 Å². The molecule has 0 nitrogen and oxygen atoms in total. The normalized spacial score (nSPS) is 10.6. The number of hydrogen-bond donors (Lipinski definition) is 0. The van der Waals surface area contributed by atoms with Crippen LogP contribution in [0.4, 0.5) is 0 Å². The molecule has 0 aromatic heterocycles. The summed E-state index contributed by atoms with van der Waals surface area (Å²) in [4.78, 5) is 0. The average molecular weight is 216 g/mol. The van der Waals surface area contributed by atoms with Crippen molar-refractivity contribution in [2.75, 3.05) is 0 Å². The van der Waals surface area contributed by atoms with E-state index in [1.54, 1.807) is 0 Å². The third kappa shape index (κ3) is 2.37. The first-order valence-electron chi connectivity index (χ1n) is 6.06. The van der Waals surface area contributed by atoms with Gasteiger partial charge in [0.25, 0.3) is 0 Å². The van der Waals surface area contributed by atoms with Crippen molar-refractivity contribution in [3.05, 3.63) is 45.5 Å². The van der Waals surface area contributed by atoms with E-state index in [1.165, 1.54) is 39.0 Å². The van der Waals surface area contributed by atoms with Gasteiger partial charge in [-0.05, 0) is 87.8 Å². The molecule has 16 heavy (non-hydrogen) atoms. The largest absolute Gasteiger partial charge is 0.100 e. The zero-order valence-corrected chi connectivity index (χ0v) is 11.6. The maximum absolute atomic E-state index is 3.99. The van der Waals surface area contributed by atoms with Crippen molar-refractivity contribution in [3.63, 3.8) is 0 Å². The summed E-state index contributed by atoms with van der Waals surface area (Å²) in [5.41, 5.74) is 10.1. The Bertz CT molecular complexity index is 393. The van der Waals surface area contributed by atoms with E-state index in [4.69, 9.17) is 0 Å². The fraction of sp³-hybridized carbons (Fsp3) is 0.500. The summed E-state index contributed by atoms with van der Waals surface area (Å²) in [6.07, 6.45) is 2.23. The van der Waals surface area contributed by atoms with Gasteiger partial charge in [0.1, 0.15) is 0 Å². The van der Waals surface area contributed by atoms with Gasteiger partial charge in [0.15, 0.2) is 0 Å². The summed E-state index contributed by atoms with van der Waals surface area (Å²) >= 11 is 0. The van der Waals surface area contributed by atoms with Gasteiger partial charge in [-0.3, -0.25) is 0 Å². The Hall–Kier alpha value is -1.04. The van der Waals surface area contributed by atoms with Crippen molar-refractivity contribution in [2.45, 2.75) is 54.4 Å². The Morgan fingerprint density at radius 2 is 1.19 bits per heavy atom. The first-order valence-corrected chi connectivity index (χ1v) is 6.06. The van der Waals surface area contributed by atoms with Gasteiger partial charge in [0, 0.05) is 0 Å². The molecule has 0 heteroatoms. The molecule has 1 rings (SSSR count). The molecular weight excluding hydrogens is 192 g/mol. The van der Waals surface area contributed by atoms with Crippen molar-refractivity contribution in [1.29, 1.82) is 0 Å². The molecule has 0 atom stereocenters. The summed E-state index contributed by atoms with van der Waals surface area (Å²) < 4.78 is 0. The van der Waals surface area contributed by atoms with Gasteiger partial charge in [0.05, 0.1) is 0 Å². The quantitative estimate of drug-likeness (QED) is 0.640. The van der Waals surface area contributed by atoms with Crippen LogP contribution >= 0.6 is 0 Å². The van der Waals surface area contributed by atoms with Crippen molar-refractivity contribution in [3.8, 4) is 0 Å². The van der Waals surface area contributed by atoms with Crippen LogP contribution in [0.3, 0.4) is 0 Å². The van der Waals surface area contributed by atoms with Gasteiger partial charge in [-0.15, -0.1) is 6.58 Å². The molecule has 1 aromatic carbocycles. The minimum Gasteiger partial charge on any atom is -0.100 e. The molecule has 0 N–H and O–H groups in total. The molecule has 0 radical (unpaired) electrons. The SMILES string of the molecule is C=C(C)CCc1c(C)c(C)c(C)c(C)c1C. The van der Waals surface area contributed by atoms with Crippen LogP contribution in [0.25, 0.3) is 0 Å². The summed E-state index contributed by atoms with van der Waals surface area (Å²) in [5.74, 6) is 0. The lowest BCUT2D eigenvalue weighted by atomic mass is 9.87. The van der Waals surface area contributed by atoms with Crippen LogP contribution in [-0.4, -0.2) is 0 Å². The molecule has 1 aromatic rings. The van der Waals surface area contributed by atoms with E-state index in [1.807, 2.05) is 0 Å². The molecule has 88 valence electrons. The highest BCUT2D eigenvalue weighted by Gasteiger charge is 2.11. The predicted octanol–water partition coefficient (Wildman–Crippen LogP) is 4.74. The number of benzene rings is 1. The highest BCUT2D eigenvalue weighted by Crippen LogP contribution is 2.27. The van der Waals surface area contributed by atoms with Crippen molar-refractivity contribution in [1.82, 2.24) is 0 Å². The van der Waals surface area contributed by atoms with Crippen molar-refractivity contribution < 1.29 is 0 Å². The molecule has 0 amide bonds. The molecular formula is C16H24. The second kappa shape index (κ2) is 4.86. The Morgan fingerprint density at radius 1 is 0.812 bits per heavy atom. The third-order valence-corrected chi connectivity index (χ3v) is 3.96. The van der Waals surface area contributed by atoms with Gasteiger partial charge in [0.2, 0.25) is 0 Å². The standard InChI is InChI=1S/C16H24/c1-10(2)8-9-16-14(6)12(4)11(3)13(5)15(16)7/h1,8-9H2,2-7H3. The number of hydrogen-bond acceptors (Lipinski definition) is 0. The highest BCUT2D eigenvalue weighted by molar-refractivity contribution is 5.49. The predicted molar refractivity (Wildman–Crippen MR) is 73.3 cm³/mol. The lowest BCUT2D eigenvalue weighted by Crippen LogP contribution is -2.03. The lowest BCUT2D eigenvalue weighted by molar-refractivity contribution is 0.914. The Kier molecular flexibility index (Phi) is 3.96. The Balaban J connectivity index is 3.23. The zero-order chi connectivity index (χ0) is 12.5. The second-order valence-corrected chi connectivity index (χ2v) is 5.06. The molecule has 0 spiro atoms. The number of rotatable bonds is 3. The summed E-state index contributed by atoms with van der Waals surface area (Å²) in [6, 6.07) is 0. The Labute approximate surface area is 100 Å². The minimum atomic E-state index is 1.10. The molecule has 0 saturated heterocycles. The summed E-state index contributed by atoms with van der Waals surface area (Å²) in [7, 11) is 0. The molecule has 0 aliphatic carbocycles. The van der Waals surface area contributed by atoms with Gasteiger partial charge in [-0.1, -0.05) is 5.57 Å². The molecule has 0 bridgehead atoms. The van der Waals surface area contributed by atoms with E-state index in [0.29, 0.717) is 0 Å². The smallest absolute Gasteiger partial charge is 0.0236 e. The van der Waals surface area contributed by atoms with Gasteiger partial charge in [-0.25, -0.2) is 0 Å². The van der Waals surface area contributed by atoms with E-state index in [0.717, 1.165) is 12.8 Å². The molecule has 0 unspecified atom stereocenters. The van der Waals surface area contributed by atoms with E-state index in [2.05, 4.69) is 48.1 Å². The lowest BCUT2D eigenvalue weighted by Gasteiger charge is -2.18. The van der Waals surface area contributed by atoms with E-state index in [-0.39, 0.29) is 0 Å². The zero-order valence-electron chi connectivity index (χ0n) is 11.6. The molecule has 0 saturated carbocycles. The maximum atomic E-state index is 3.99. The van der Waals surface area contributed by atoms with Crippen molar-refractivity contribution in [2.24, 2.45) is 0 Å². The maximum Gasteiger partial charge on any atom is -0.0236 e. The van der Waals surface area contributed by atoms with Crippen LogP contribution in [-0.2, 0) is 6.42 Å². The van der Waals surface area contributed by atoms with Crippen LogP contribution < -0.4 is 0 Å². The topological polar surface area (TPSA) is 0 Å². The fourth-order valence-corrected chi connectivity index (χ4v) is 2.29. The Morgan fingerprint density at radius 3 is 1.56 bits per heavy atom. The van der Waals surface area contributed by atoms with Gasteiger partial charge < -0.3 is 0 Å². The molecule has 0 heterocycles. The third-order valence-electron chi connectivity index (χ3n) is 3.96. The van der Waals surface area contributed by atoms with Gasteiger partial charge in [-0.2, -0.15) is 0 Å². The molecule has 0 fully saturated rings. The summed E-state index contributed by atoms with van der Waals surface area (Å²) in [6.45, 7) is 17.3. The first kappa shape index (κ1) is 13.0. The fourth-order valence-electron chi connectivity index (χ4n) is 2.29. The summed E-state index contributed by atoms with van der Waals surface area (Å²) in [5, 5.41) is 0. The number of allylic oxidation sites excluding steroid dienone is 1. The molecule has 0 aliphatic heterocycles. The van der Waals surface area contributed by atoms with E-state index in [9.17, 15) is 0 Å². The van der Waals surface area contributed by atoms with Crippen LogP contribution in [0.15, 0.2) is 12.2 Å². The average Bonchev–Trinajstić information content (AvgIpc) is 2.23. The highest BCUT2D eigenvalue weighted by atomic mass is 14.2. The second-order valence-electron chi connectivity index (χ2n) is 5.06. The van der Waals surface area contributed by atoms with Crippen LogP contribution in [0.5, 0.6) is 0 Å². The van der Waals surface area contributed by atoms with Crippen LogP contribution in [0.2, 0.25) is 0 Å².